The van der Waals surface area contributed by atoms with Crippen molar-refractivity contribution < 1.29 is 9.53 Å². The van der Waals surface area contributed by atoms with Gasteiger partial charge < -0.3 is 16.2 Å². The third kappa shape index (κ3) is 5.40. The lowest BCUT2D eigenvalue weighted by Gasteiger charge is -2.07. The molecule has 0 fully saturated rings. The molecule has 1 atom stereocenters. The fourth-order valence-corrected chi connectivity index (χ4v) is 1.54. The van der Waals surface area contributed by atoms with E-state index in [-0.39, 0.29) is 5.97 Å². The highest BCUT2D eigenvalue weighted by molar-refractivity contribution is 7.99. The molecule has 0 bridgehead atoms. The van der Waals surface area contributed by atoms with Crippen molar-refractivity contribution in [2.75, 3.05) is 25.2 Å². The minimum Gasteiger partial charge on any atom is -0.468 e. The maximum atomic E-state index is 10.8. The number of carbonyl (C=O) groups excluding carboxylic acids is 1. The zero-order valence-corrected chi connectivity index (χ0v) is 8.10. The third-order valence-corrected chi connectivity index (χ3v) is 2.47. The highest BCUT2D eigenvalue weighted by atomic mass is 32.2. The van der Waals surface area contributed by atoms with Crippen LogP contribution in [0.15, 0.2) is 0 Å². The minimum absolute atomic E-state index is 0.352. The molecule has 0 aromatic rings. The van der Waals surface area contributed by atoms with E-state index in [2.05, 4.69) is 4.74 Å². The van der Waals surface area contributed by atoms with Crippen molar-refractivity contribution in [3.63, 3.8) is 0 Å². The van der Waals surface area contributed by atoms with Crippen LogP contribution in [-0.2, 0) is 9.53 Å². The van der Waals surface area contributed by atoms with Gasteiger partial charge in [0.25, 0.3) is 0 Å². The summed E-state index contributed by atoms with van der Waals surface area (Å²) in [5.41, 5.74) is 10.8. The van der Waals surface area contributed by atoms with Crippen molar-refractivity contribution in [1.29, 1.82) is 0 Å². The molecule has 0 aliphatic rings. The molecule has 0 amide bonds. The number of rotatable bonds is 6. The highest BCUT2D eigenvalue weighted by Crippen LogP contribution is 2.03. The van der Waals surface area contributed by atoms with E-state index in [0.717, 1.165) is 12.2 Å². The second-order valence-electron chi connectivity index (χ2n) is 2.35. The summed E-state index contributed by atoms with van der Waals surface area (Å²) in [4.78, 5) is 10.8. The fourth-order valence-electron chi connectivity index (χ4n) is 0.615. The predicted octanol–water partition coefficient (Wildman–Crippen LogP) is -0.431. The van der Waals surface area contributed by atoms with Crippen molar-refractivity contribution >= 4 is 17.7 Å². The lowest BCUT2D eigenvalue weighted by atomic mass is 10.4. The molecule has 72 valence electrons. The van der Waals surface area contributed by atoms with E-state index in [1.807, 2.05) is 0 Å². The summed E-state index contributed by atoms with van der Waals surface area (Å²) in [5, 5.41) is 0. The Morgan fingerprint density at radius 3 is 2.83 bits per heavy atom. The first kappa shape index (κ1) is 11.7. The summed E-state index contributed by atoms with van der Waals surface area (Å²) in [6.07, 6.45) is 0.957. The zero-order valence-electron chi connectivity index (χ0n) is 7.29. The molecule has 0 spiro atoms. The summed E-state index contributed by atoms with van der Waals surface area (Å²) >= 11 is 1.62. The van der Waals surface area contributed by atoms with Gasteiger partial charge >= 0.3 is 5.97 Å². The Balaban J connectivity index is 3.31. The fraction of sp³-hybridized carbons (Fsp3) is 0.857. The van der Waals surface area contributed by atoms with Crippen molar-refractivity contribution in [2.45, 2.75) is 12.5 Å². The summed E-state index contributed by atoms with van der Waals surface area (Å²) in [5.74, 6) is 1.20. The molecular weight excluding hydrogens is 176 g/mol. The molecule has 0 aliphatic carbocycles. The number of ether oxygens (including phenoxy) is 1. The van der Waals surface area contributed by atoms with Gasteiger partial charge in [0.15, 0.2) is 0 Å². The molecule has 0 saturated heterocycles. The van der Waals surface area contributed by atoms with Crippen LogP contribution < -0.4 is 11.5 Å². The lowest BCUT2D eigenvalue weighted by molar-refractivity contribution is -0.141. The third-order valence-electron chi connectivity index (χ3n) is 1.29. The largest absolute Gasteiger partial charge is 0.468 e. The van der Waals surface area contributed by atoms with Gasteiger partial charge in [-0.2, -0.15) is 11.8 Å². The number of nitrogens with two attached hydrogens (primary N) is 2. The molecule has 0 saturated carbocycles. The number of hydrogen-bond acceptors (Lipinski definition) is 5. The average molecular weight is 192 g/mol. The van der Waals surface area contributed by atoms with Crippen LogP contribution in [0.4, 0.5) is 0 Å². The minimum atomic E-state index is -0.502. The molecular formula is C7H16N2O2S. The molecule has 0 heterocycles. The van der Waals surface area contributed by atoms with E-state index in [1.54, 1.807) is 11.8 Å². The Bertz CT molecular complexity index is 133. The maximum Gasteiger partial charge on any atom is 0.323 e. The van der Waals surface area contributed by atoms with Crippen LogP contribution in [0.2, 0.25) is 0 Å². The van der Waals surface area contributed by atoms with Crippen LogP contribution in [-0.4, -0.2) is 37.2 Å². The quantitative estimate of drug-likeness (QED) is 0.441. The lowest BCUT2D eigenvalue weighted by Crippen LogP contribution is -2.34. The molecule has 12 heavy (non-hydrogen) atoms. The maximum absolute atomic E-state index is 10.8. The normalized spacial score (nSPS) is 12.6. The van der Waals surface area contributed by atoms with Gasteiger partial charge in [0.1, 0.15) is 6.04 Å². The number of carbonyl (C=O) groups is 1. The summed E-state index contributed by atoms with van der Waals surface area (Å²) < 4.78 is 4.47. The Morgan fingerprint density at radius 1 is 1.67 bits per heavy atom. The molecule has 4 nitrogen and oxygen atoms in total. The molecule has 0 aromatic carbocycles. The number of hydrogen-bond donors (Lipinski definition) is 2. The monoisotopic (exact) mass is 192 g/mol. The Labute approximate surface area is 77.0 Å². The Hall–Kier alpha value is -0.260. The topological polar surface area (TPSA) is 78.3 Å². The van der Waals surface area contributed by atoms with Gasteiger partial charge in [-0.3, -0.25) is 4.79 Å². The molecule has 1 unspecified atom stereocenters. The van der Waals surface area contributed by atoms with E-state index >= 15 is 0 Å². The van der Waals surface area contributed by atoms with Gasteiger partial charge in [0.2, 0.25) is 0 Å². The van der Waals surface area contributed by atoms with E-state index in [4.69, 9.17) is 11.5 Å². The average Bonchev–Trinajstić information content (AvgIpc) is 2.10. The number of thioether (sulfide) groups is 1. The first-order chi connectivity index (χ1) is 5.72. The smallest absolute Gasteiger partial charge is 0.323 e. The molecule has 0 aliphatic heterocycles. The second kappa shape index (κ2) is 7.39. The molecule has 5 heteroatoms. The first-order valence-electron chi connectivity index (χ1n) is 3.83. The van der Waals surface area contributed by atoms with Crippen LogP contribution in [0.1, 0.15) is 6.42 Å². The SMILES string of the molecule is COC(=O)C(N)CSCCCN. The highest BCUT2D eigenvalue weighted by Gasteiger charge is 2.12. The van der Waals surface area contributed by atoms with Crippen molar-refractivity contribution in [3.8, 4) is 0 Å². The van der Waals surface area contributed by atoms with Crippen LogP contribution in [0.5, 0.6) is 0 Å². The van der Waals surface area contributed by atoms with Crippen molar-refractivity contribution in [1.82, 2.24) is 0 Å². The van der Waals surface area contributed by atoms with Crippen LogP contribution in [0.25, 0.3) is 0 Å². The number of methoxy groups -OCH3 is 1. The van der Waals surface area contributed by atoms with Crippen LogP contribution in [0, 0.1) is 0 Å². The van der Waals surface area contributed by atoms with E-state index in [0.29, 0.717) is 12.3 Å². The van der Waals surface area contributed by atoms with E-state index in [9.17, 15) is 4.79 Å². The zero-order chi connectivity index (χ0) is 9.40. The van der Waals surface area contributed by atoms with E-state index < -0.39 is 6.04 Å². The van der Waals surface area contributed by atoms with Gasteiger partial charge in [-0.1, -0.05) is 0 Å². The van der Waals surface area contributed by atoms with Crippen molar-refractivity contribution in [2.24, 2.45) is 11.5 Å². The van der Waals surface area contributed by atoms with E-state index in [1.165, 1.54) is 7.11 Å². The number of esters is 1. The molecule has 0 radical (unpaired) electrons. The predicted molar refractivity (Wildman–Crippen MR) is 51.0 cm³/mol. The molecule has 0 aromatic heterocycles. The Morgan fingerprint density at radius 2 is 2.33 bits per heavy atom. The van der Waals surface area contributed by atoms with Gasteiger partial charge in [-0.05, 0) is 18.7 Å². The summed E-state index contributed by atoms with van der Waals surface area (Å²) in [7, 11) is 1.34. The molecule has 4 N–H and O–H groups in total. The van der Waals surface area contributed by atoms with Gasteiger partial charge in [0.05, 0.1) is 7.11 Å². The first-order valence-corrected chi connectivity index (χ1v) is 4.99. The second-order valence-corrected chi connectivity index (χ2v) is 3.50. The van der Waals surface area contributed by atoms with Gasteiger partial charge in [0, 0.05) is 5.75 Å². The van der Waals surface area contributed by atoms with Gasteiger partial charge in [-0.25, -0.2) is 0 Å². The summed E-state index contributed by atoms with van der Waals surface area (Å²) in [6.45, 7) is 0.681. The van der Waals surface area contributed by atoms with Gasteiger partial charge in [-0.15, -0.1) is 0 Å². The van der Waals surface area contributed by atoms with Crippen LogP contribution in [0.3, 0.4) is 0 Å². The Kier molecular flexibility index (Phi) is 7.23. The van der Waals surface area contributed by atoms with Crippen LogP contribution >= 0.6 is 11.8 Å². The molecule has 0 rings (SSSR count). The van der Waals surface area contributed by atoms with Crippen molar-refractivity contribution in [3.05, 3.63) is 0 Å². The standard InChI is InChI=1S/C7H16N2O2S/c1-11-7(10)6(9)5-12-4-2-3-8/h6H,2-5,8-9H2,1H3. The summed E-state index contributed by atoms with van der Waals surface area (Å²) in [6, 6.07) is -0.502.